The van der Waals surface area contributed by atoms with Crippen LogP contribution in [0.3, 0.4) is 0 Å². The number of hydrogen-bond donors (Lipinski definition) is 1. The molecule has 0 bridgehead atoms. The minimum atomic E-state index is -3.92. The fourth-order valence-electron chi connectivity index (χ4n) is 2.55. The average Bonchev–Trinajstić information content (AvgIpc) is 3.22. The molecule has 1 atom stereocenters. The summed E-state index contributed by atoms with van der Waals surface area (Å²) in [5.41, 5.74) is 0. The molecule has 0 saturated carbocycles. The van der Waals surface area contributed by atoms with Crippen molar-refractivity contribution in [3.8, 4) is 5.75 Å². The van der Waals surface area contributed by atoms with E-state index in [0.29, 0.717) is 5.75 Å². The molecule has 0 aliphatic heterocycles. The summed E-state index contributed by atoms with van der Waals surface area (Å²) < 4.78 is 49.7. The van der Waals surface area contributed by atoms with E-state index in [0.717, 1.165) is 12.1 Å². The second kappa shape index (κ2) is 8.71. The van der Waals surface area contributed by atoms with Crippen LogP contribution in [0, 0.1) is 5.82 Å². The SMILES string of the molecule is O=C(COc1ccccc1)NC[C@H](c1ccco1)S(=O)(=O)c1ccc(F)cc1. The summed E-state index contributed by atoms with van der Waals surface area (Å²) in [6.07, 6.45) is 1.35. The highest BCUT2D eigenvalue weighted by Gasteiger charge is 2.31. The molecule has 0 aliphatic carbocycles. The van der Waals surface area contributed by atoms with Gasteiger partial charge in [-0.05, 0) is 48.5 Å². The van der Waals surface area contributed by atoms with Gasteiger partial charge in [-0.3, -0.25) is 4.79 Å². The molecule has 3 rings (SSSR count). The van der Waals surface area contributed by atoms with E-state index >= 15 is 0 Å². The maximum absolute atomic E-state index is 13.1. The van der Waals surface area contributed by atoms with Crippen LogP contribution in [0.4, 0.5) is 4.39 Å². The molecule has 6 nitrogen and oxygen atoms in total. The Hall–Kier alpha value is -3.13. The first kappa shape index (κ1) is 19.6. The van der Waals surface area contributed by atoms with Crippen LogP contribution in [0.5, 0.6) is 5.75 Å². The molecule has 1 aromatic heterocycles. The normalized spacial score (nSPS) is 12.3. The fourth-order valence-corrected chi connectivity index (χ4v) is 4.14. The Morgan fingerprint density at radius 3 is 2.39 bits per heavy atom. The Morgan fingerprint density at radius 2 is 1.75 bits per heavy atom. The molecule has 3 aromatic rings. The molecule has 146 valence electrons. The molecule has 2 aromatic carbocycles. The van der Waals surface area contributed by atoms with Gasteiger partial charge in [-0.25, -0.2) is 12.8 Å². The van der Waals surface area contributed by atoms with E-state index in [4.69, 9.17) is 9.15 Å². The number of para-hydroxylation sites is 1. The predicted molar refractivity (Wildman–Crippen MR) is 100.0 cm³/mol. The zero-order chi connectivity index (χ0) is 20.0. The van der Waals surface area contributed by atoms with Crippen LogP contribution < -0.4 is 10.1 Å². The maximum atomic E-state index is 13.1. The summed E-state index contributed by atoms with van der Waals surface area (Å²) in [6.45, 7) is -0.476. The Kier molecular flexibility index (Phi) is 6.10. The molecular formula is C20H18FNO5S. The largest absolute Gasteiger partial charge is 0.484 e. The third-order valence-corrected chi connectivity index (χ3v) is 6.05. The molecule has 1 heterocycles. The fraction of sp³-hybridized carbons (Fsp3) is 0.150. The summed E-state index contributed by atoms with van der Waals surface area (Å²) in [4.78, 5) is 12.0. The molecule has 0 spiro atoms. The van der Waals surface area contributed by atoms with E-state index in [1.54, 1.807) is 30.3 Å². The van der Waals surface area contributed by atoms with Crippen molar-refractivity contribution in [3.63, 3.8) is 0 Å². The summed E-state index contributed by atoms with van der Waals surface area (Å²) in [7, 11) is -3.92. The number of nitrogens with one attached hydrogen (secondary N) is 1. The van der Waals surface area contributed by atoms with Gasteiger partial charge in [0.25, 0.3) is 5.91 Å². The van der Waals surface area contributed by atoms with Crippen LogP contribution >= 0.6 is 0 Å². The third-order valence-electron chi connectivity index (χ3n) is 3.98. The van der Waals surface area contributed by atoms with Crippen molar-refractivity contribution in [1.29, 1.82) is 0 Å². The van der Waals surface area contributed by atoms with Gasteiger partial charge in [0.1, 0.15) is 22.6 Å². The summed E-state index contributed by atoms with van der Waals surface area (Å²) in [6, 6.07) is 16.3. The zero-order valence-corrected chi connectivity index (χ0v) is 15.6. The van der Waals surface area contributed by atoms with E-state index in [2.05, 4.69) is 5.32 Å². The first-order valence-electron chi connectivity index (χ1n) is 8.44. The number of carbonyl (C=O) groups excluding carboxylic acids is 1. The number of amides is 1. The van der Waals surface area contributed by atoms with E-state index in [1.807, 2.05) is 6.07 Å². The number of benzene rings is 2. The smallest absolute Gasteiger partial charge is 0.257 e. The van der Waals surface area contributed by atoms with E-state index in [-0.39, 0.29) is 23.8 Å². The number of hydrogen-bond acceptors (Lipinski definition) is 5. The number of halogens is 1. The van der Waals surface area contributed by atoms with Crippen molar-refractivity contribution in [1.82, 2.24) is 5.32 Å². The van der Waals surface area contributed by atoms with Gasteiger partial charge in [0.2, 0.25) is 0 Å². The number of carbonyl (C=O) groups is 1. The Balaban J connectivity index is 1.71. The molecular weight excluding hydrogens is 385 g/mol. The quantitative estimate of drug-likeness (QED) is 0.584. The molecule has 0 unspecified atom stereocenters. The van der Waals surface area contributed by atoms with Crippen molar-refractivity contribution in [3.05, 3.63) is 84.6 Å². The van der Waals surface area contributed by atoms with Gasteiger partial charge in [-0.15, -0.1) is 0 Å². The number of rotatable bonds is 8. The molecule has 0 saturated heterocycles. The van der Waals surface area contributed by atoms with Crippen LogP contribution in [0.2, 0.25) is 0 Å². The van der Waals surface area contributed by atoms with Gasteiger partial charge in [0.05, 0.1) is 11.2 Å². The first-order valence-corrected chi connectivity index (χ1v) is 9.99. The lowest BCUT2D eigenvalue weighted by atomic mass is 10.3. The molecule has 0 radical (unpaired) electrons. The standard InChI is InChI=1S/C20H18FNO5S/c21-15-8-10-17(11-9-15)28(24,25)19(18-7-4-12-26-18)13-22-20(23)14-27-16-5-2-1-3-6-16/h1-12,19H,13-14H2,(H,22,23)/t19-/m1/s1. The van der Waals surface area contributed by atoms with Crippen LogP contribution in [0.1, 0.15) is 11.0 Å². The Morgan fingerprint density at radius 1 is 1.04 bits per heavy atom. The van der Waals surface area contributed by atoms with E-state index in [1.165, 1.54) is 24.5 Å². The van der Waals surface area contributed by atoms with Crippen LogP contribution in [-0.4, -0.2) is 27.5 Å². The molecule has 28 heavy (non-hydrogen) atoms. The second-order valence-electron chi connectivity index (χ2n) is 5.91. The van der Waals surface area contributed by atoms with Crippen LogP contribution in [0.15, 0.2) is 82.3 Å². The van der Waals surface area contributed by atoms with Gasteiger partial charge in [0.15, 0.2) is 16.4 Å². The molecule has 0 aliphatic rings. The summed E-state index contributed by atoms with van der Waals surface area (Å²) in [5.74, 6) is -0.317. The van der Waals surface area contributed by atoms with Gasteiger partial charge < -0.3 is 14.5 Å². The van der Waals surface area contributed by atoms with Crippen LogP contribution in [-0.2, 0) is 14.6 Å². The molecule has 8 heteroatoms. The van der Waals surface area contributed by atoms with Crippen LogP contribution in [0.25, 0.3) is 0 Å². The van der Waals surface area contributed by atoms with Gasteiger partial charge in [0, 0.05) is 6.54 Å². The average molecular weight is 403 g/mol. The van der Waals surface area contributed by atoms with Crippen molar-refractivity contribution in [2.45, 2.75) is 10.1 Å². The lowest BCUT2D eigenvalue weighted by Gasteiger charge is -2.17. The van der Waals surface area contributed by atoms with Gasteiger partial charge in [-0.1, -0.05) is 18.2 Å². The second-order valence-corrected chi connectivity index (χ2v) is 8.04. The van der Waals surface area contributed by atoms with Crippen molar-refractivity contribution in [2.75, 3.05) is 13.2 Å². The maximum Gasteiger partial charge on any atom is 0.257 e. The third kappa shape index (κ3) is 4.77. The highest BCUT2D eigenvalue weighted by Crippen LogP contribution is 2.29. The van der Waals surface area contributed by atoms with E-state index in [9.17, 15) is 17.6 Å². The molecule has 0 fully saturated rings. The van der Waals surface area contributed by atoms with Crippen molar-refractivity contribution < 1.29 is 26.8 Å². The van der Waals surface area contributed by atoms with Crippen molar-refractivity contribution in [2.24, 2.45) is 0 Å². The summed E-state index contributed by atoms with van der Waals surface area (Å²) >= 11 is 0. The minimum Gasteiger partial charge on any atom is -0.484 e. The number of sulfone groups is 1. The zero-order valence-electron chi connectivity index (χ0n) is 14.7. The summed E-state index contributed by atoms with van der Waals surface area (Å²) in [5, 5.41) is 1.39. The number of ether oxygens (including phenoxy) is 1. The van der Waals surface area contributed by atoms with Gasteiger partial charge in [-0.2, -0.15) is 0 Å². The lowest BCUT2D eigenvalue weighted by molar-refractivity contribution is -0.123. The monoisotopic (exact) mass is 403 g/mol. The molecule has 1 amide bonds. The predicted octanol–water partition coefficient (Wildman–Crippen LogP) is 3.13. The topological polar surface area (TPSA) is 85.6 Å². The Bertz CT molecular complexity index is 1000. The van der Waals surface area contributed by atoms with E-state index < -0.39 is 26.8 Å². The first-order chi connectivity index (χ1) is 13.5. The lowest BCUT2D eigenvalue weighted by Crippen LogP contribution is -2.34. The highest BCUT2D eigenvalue weighted by molar-refractivity contribution is 7.91. The Labute approximate surface area is 161 Å². The molecule has 1 N–H and O–H groups in total. The minimum absolute atomic E-state index is 0.0647. The van der Waals surface area contributed by atoms with Gasteiger partial charge >= 0.3 is 0 Å². The van der Waals surface area contributed by atoms with Crippen molar-refractivity contribution >= 4 is 15.7 Å². The number of furan rings is 1. The highest BCUT2D eigenvalue weighted by atomic mass is 32.2.